The van der Waals surface area contributed by atoms with Gasteiger partial charge in [0.15, 0.2) is 0 Å². The Balaban J connectivity index is 2.48. The average Bonchev–Trinajstić information content (AvgIpc) is 2.64. The maximum Gasteiger partial charge on any atom is 0.329 e. The van der Waals surface area contributed by atoms with E-state index in [1.807, 2.05) is 13.8 Å². The van der Waals surface area contributed by atoms with Gasteiger partial charge in [-0.2, -0.15) is 0 Å². The van der Waals surface area contributed by atoms with E-state index in [9.17, 15) is 9.59 Å². The van der Waals surface area contributed by atoms with Crippen LogP contribution in [0.2, 0.25) is 5.15 Å². The van der Waals surface area contributed by atoms with Crippen LogP contribution >= 0.6 is 11.6 Å². The SMILES string of the molecule is CC(C)c1c(Cl)[nH]c(=O)n(CC2C(C)(C)C2(C)C)c1=O. The number of nitrogens with one attached hydrogen (secondary N) is 1. The van der Waals surface area contributed by atoms with Crippen LogP contribution in [0.4, 0.5) is 0 Å². The number of rotatable bonds is 3. The van der Waals surface area contributed by atoms with E-state index in [1.165, 1.54) is 4.57 Å². The molecule has 4 nitrogen and oxygen atoms in total. The Kier molecular flexibility index (Phi) is 3.44. The van der Waals surface area contributed by atoms with Crippen molar-refractivity contribution < 1.29 is 0 Å². The minimum absolute atomic E-state index is 0.0154. The first kappa shape index (κ1) is 15.4. The molecule has 5 heteroatoms. The second-order valence-electron chi connectivity index (χ2n) is 7.22. The second kappa shape index (κ2) is 4.48. The van der Waals surface area contributed by atoms with Crippen molar-refractivity contribution in [2.75, 3.05) is 0 Å². The van der Waals surface area contributed by atoms with Gasteiger partial charge in [-0.15, -0.1) is 0 Å². The molecule has 1 aromatic heterocycles. The Morgan fingerprint density at radius 3 is 2.10 bits per heavy atom. The predicted molar refractivity (Wildman–Crippen MR) is 81.5 cm³/mol. The first-order valence-electron chi connectivity index (χ1n) is 7.04. The monoisotopic (exact) mass is 298 g/mol. The van der Waals surface area contributed by atoms with Crippen LogP contribution in [0, 0.1) is 16.7 Å². The number of H-pyrrole nitrogens is 1. The van der Waals surface area contributed by atoms with Crippen molar-refractivity contribution in [1.82, 2.24) is 9.55 Å². The molecule has 0 bridgehead atoms. The molecule has 1 N–H and O–H groups in total. The van der Waals surface area contributed by atoms with Crippen LogP contribution < -0.4 is 11.2 Å². The zero-order valence-electron chi connectivity index (χ0n) is 13.0. The predicted octanol–water partition coefficient (Wildman–Crippen LogP) is 3.00. The zero-order valence-corrected chi connectivity index (χ0v) is 13.8. The maximum absolute atomic E-state index is 12.5. The molecule has 1 aliphatic carbocycles. The van der Waals surface area contributed by atoms with Crippen molar-refractivity contribution in [3.63, 3.8) is 0 Å². The largest absolute Gasteiger partial charge is 0.329 e. The molecule has 0 saturated heterocycles. The second-order valence-corrected chi connectivity index (χ2v) is 7.60. The fourth-order valence-electron chi connectivity index (χ4n) is 3.20. The molecule has 0 spiro atoms. The number of aromatic amines is 1. The molecule has 1 aliphatic rings. The van der Waals surface area contributed by atoms with Crippen molar-refractivity contribution in [3.05, 3.63) is 31.6 Å². The third-order valence-electron chi connectivity index (χ3n) is 5.44. The first-order chi connectivity index (χ1) is 9.01. The minimum Gasteiger partial charge on any atom is -0.297 e. The summed E-state index contributed by atoms with van der Waals surface area (Å²) in [6.07, 6.45) is 0. The lowest BCUT2D eigenvalue weighted by Gasteiger charge is -2.12. The lowest BCUT2D eigenvalue weighted by atomic mass is 10.0. The standard InChI is InChI=1S/C15H23ClN2O2/c1-8(2)10-11(16)17-13(20)18(12(10)19)7-9-14(3,4)15(9,5)6/h8-9H,7H2,1-6H3,(H,17,20). The maximum atomic E-state index is 12.5. The van der Waals surface area contributed by atoms with Gasteiger partial charge >= 0.3 is 5.69 Å². The summed E-state index contributed by atoms with van der Waals surface area (Å²) < 4.78 is 1.31. The van der Waals surface area contributed by atoms with Crippen LogP contribution in [0.5, 0.6) is 0 Å². The minimum atomic E-state index is -0.414. The molecule has 1 fully saturated rings. The molecule has 0 aliphatic heterocycles. The molecule has 0 atom stereocenters. The highest BCUT2D eigenvalue weighted by atomic mass is 35.5. The molecule has 1 heterocycles. The number of hydrogen-bond donors (Lipinski definition) is 1. The summed E-state index contributed by atoms with van der Waals surface area (Å²) in [4.78, 5) is 27.1. The molecule has 0 amide bonds. The first-order valence-corrected chi connectivity index (χ1v) is 7.42. The Labute approximate surface area is 124 Å². The topological polar surface area (TPSA) is 54.9 Å². The molecule has 0 aromatic carbocycles. The summed E-state index contributed by atoms with van der Waals surface area (Å²) in [5, 5.41) is 0.167. The van der Waals surface area contributed by atoms with Crippen LogP contribution in [0.15, 0.2) is 9.59 Å². The van der Waals surface area contributed by atoms with Gasteiger partial charge in [-0.3, -0.25) is 14.3 Å². The lowest BCUT2D eigenvalue weighted by molar-refractivity contribution is 0.457. The van der Waals surface area contributed by atoms with Gasteiger partial charge in [0.2, 0.25) is 0 Å². The van der Waals surface area contributed by atoms with E-state index in [0.717, 1.165) is 0 Å². The molecule has 1 aromatic rings. The number of hydrogen-bond acceptors (Lipinski definition) is 2. The van der Waals surface area contributed by atoms with Crippen molar-refractivity contribution in [3.8, 4) is 0 Å². The van der Waals surface area contributed by atoms with Crippen molar-refractivity contribution in [1.29, 1.82) is 0 Å². The molecular formula is C15H23ClN2O2. The van der Waals surface area contributed by atoms with Gasteiger partial charge in [-0.25, -0.2) is 4.79 Å². The lowest BCUT2D eigenvalue weighted by Crippen LogP contribution is -2.38. The highest BCUT2D eigenvalue weighted by Gasteiger charge is 2.64. The van der Waals surface area contributed by atoms with Gasteiger partial charge in [0.25, 0.3) is 5.56 Å². The van der Waals surface area contributed by atoms with Crippen LogP contribution in [0.1, 0.15) is 53.0 Å². The summed E-state index contributed by atoms with van der Waals surface area (Å²) in [5.74, 6) is 0.299. The van der Waals surface area contributed by atoms with E-state index >= 15 is 0 Å². The van der Waals surface area contributed by atoms with Gasteiger partial charge in [0.05, 0.1) is 5.56 Å². The fraction of sp³-hybridized carbons (Fsp3) is 0.733. The smallest absolute Gasteiger partial charge is 0.297 e. The van der Waals surface area contributed by atoms with Gasteiger partial charge in [-0.05, 0) is 22.7 Å². The molecule has 0 unspecified atom stereocenters. The molecule has 20 heavy (non-hydrogen) atoms. The third-order valence-corrected chi connectivity index (χ3v) is 5.73. The molecule has 0 radical (unpaired) electrons. The van der Waals surface area contributed by atoms with Crippen LogP contribution in [0.3, 0.4) is 0 Å². The van der Waals surface area contributed by atoms with Gasteiger partial charge in [-0.1, -0.05) is 53.1 Å². The summed E-state index contributed by atoms with van der Waals surface area (Å²) in [6.45, 7) is 13.0. The van der Waals surface area contributed by atoms with E-state index in [-0.39, 0.29) is 27.5 Å². The van der Waals surface area contributed by atoms with Crippen LogP contribution in [-0.4, -0.2) is 9.55 Å². The average molecular weight is 299 g/mol. The van der Waals surface area contributed by atoms with Gasteiger partial charge < -0.3 is 0 Å². The van der Waals surface area contributed by atoms with E-state index in [4.69, 9.17) is 11.6 Å². The quantitative estimate of drug-likeness (QED) is 0.872. The van der Waals surface area contributed by atoms with E-state index in [2.05, 4.69) is 32.7 Å². The molecule has 1 saturated carbocycles. The highest BCUT2D eigenvalue weighted by Crippen LogP contribution is 2.68. The Hall–Kier alpha value is -1.03. The Bertz CT molecular complexity index is 639. The molecule has 112 valence electrons. The molecular weight excluding hydrogens is 276 g/mol. The Morgan fingerprint density at radius 1 is 1.20 bits per heavy atom. The normalized spacial score (nSPS) is 20.4. The summed E-state index contributed by atoms with van der Waals surface area (Å²) in [5.41, 5.74) is 0.0881. The zero-order chi connectivity index (χ0) is 15.5. The summed E-state index contributed by atoms with van der Waals surface area (Å²) in [7, 11) is 0. The highest BCUT2D eigenvalue weighted by molar-refractivity contribution is 6.30. The fourth-order valence-corrected chi connectivity index (χ4v) is 3.58. The summed E-state index contributed by atoms with van der Waals surface area (Å²) in [6, 6.07) is 0. The van der Waals surface area contributed by atoms with Crippen LogP contribution in [-0.2, 0) is 6.54 Å². The van der Waals surface area contributed by atoms with Gasteiger partial charge in [0.1, 0.15) is 5.15 Å². The third kappa shape index (κ3) is 2.05. The number of nitrogens with zero attached hydrogens (tertiary/aromatic N) is 1. The van der Waals surface area contributed by atoms with Crippen LogP contribution in [0.25, 0.3) is 0 Å². The van der Waals surface area contributed by atoms with Crippen molar-refractivity contribution in [2.45, 2.75) is 54.0 Å². The summed E-state index contributed by atoms with van der Waals surface area (Å²) >= 11 is 6.00. The van der Waals surface area contributed by atoms with E-state index in [1.54, 1.807) is 0 Å². The van der Waals surface area contributed by atoms with Gasteiger partial charge in [0, 0.05) is 6.54 Å². The van der Waals surface area contributed by atoms with E-state index in [0.29, 0.717) is 18.0 Å². The number of halogens is 1. The number of aromatic nitrogens is 2. The van der Waals surface area contributed by atoms with Crippen molar-refractivity contribution in [2.24, 2.45) is 16.7 Å². The molecule has 2 rings (SSSR count). The van der Waals surface area contributed by atoms with Crippen molar-refractivity contribution >= 4 is 11.6 Å². The Morgan fingerprint density at radius 2 is 1.70 bits per heavy atom. The van der Waals surface area contributed by atoms with E-state index < -0.39 is 5.69 Å².